The molecule has 0 unspecified atom stereocenters. The van der Waals surface area contributed by atoms with Crippen LogP contribution in [0.4, 0.5) is 0 Å². The summed E-state index contributed by atoms with van der Waals surface area (Å²) in [6.45, 7) is 2.30. The molecule has 0 saturated carbocycles. The molecule has 10 nitrogen and oxygen atoms in total. The van der Waals surface area contributed by atoms with E-state index in [2.05, 4.69) is 16.0 Å². The maximum absolute atomic E-state index is 11.9. The average molecular weight is 380 g/mol. The standard InChI is InChI=1S/C17H24N4O6/c1-9(15(24)21-10(2)17(26)27)20-14(23)8-19-16(25)13(18)7-11-3-5-12(22)6-4-11/h3-6,9-10,13,22H,7-8,18H2,1-2H3,(H,19,25)(H,20,23)(H,21,24)(H,26,27)/t9-,10-,13-/m0/s1. The summed E-state index contributed by atoms with van der Waals surface area (Å²) in [6, 6.07) is 3.27. The Balaban J connectivity index is 2.39. The lowest BCUT2D eigenvalue weighted by molar-refractivity contribution is -0.141. The molecule has 0 heterocycles. The third kappa shape index (κ3) is 7.74. The Morgan fingerprint density at radius 3 is 2.15 bits per heavy atom. The number of carbonyl (C=O) groups is 4. The number of rotatable bonds is 9. The Bertz CT molecular complexity index is 691. The molecule has 1 aromatic carbocycles. The zero-order valence-corrected chi connectivity index (χ0v) is 15.1. The number of nitrogens with one attached hydrogen (secondary N) is 3. The van der Waals surface area contributed by atoms with Gasteiger partial charge in [-0.05, 0) is 38.0 Å². The highest BCUT2D eigenvalue weighted by atomic mass is 16.4. The predicted octanol–water partition coefficient (Wildman–Crippen LogP) is -1.53. The highest BCUT2D eigenvalue weighted by Gasteiger charge is 2.21. The molecule has 27 heavy (non-hydrogen) atoms. The molecule has 0 saturated heterocycles. The van der Waals surface area contributed by atoms with E-state index in [1.165, 1.54) is 26.0 Å². The van der Waals surface area contributed by atoms with Gasteiger partial charge in [0.15, 0.2) is 0 Å². The highest BCUT2D eigenvalue weighted by molar-refractivity contribution is 5.92. The summed E-state index contributed by atoms with van der Waals surface area (Å²) in [7, 11) is 0. The lowest BCUT2D eigenvalue weighted by atomic mass is 10.1. The minimum Gasteiger partial charge on any atom is -0.508 e. The van der Waals surface area contributed by atoms with Gasteiger partial charge in [0.05, 0.1) is 12.6 Å². The summed E-state index contributed by atoms with van der Waals surface area (Å²) in [5, 5.41) is 24.9. The largest absolute Gasteiger partial charge is 0.508 e. The Morgan fingerprint density at radius 2 is 1.59 bits per heavy atom. The van der Waals surface area contributed by atoms with Crippen LogP contribution >= 0.6 is 0 Å². The molecule has 0 aliphatic rings. The molecule has 0 radical (unpaired) electrons. The second kappa shape index (κ2) is 10.1. The first-order chi connectivity index (χ1) is 12.6. The number of carboxylic acids is 1. The van der Waals surface area contributed by atoms with E-state index in [1.807, 2.05) is 0 Å². The lowest BCUT2D eigenvalue weighted by Gasteiger charge is -2.17. The maximum Gasteiger partial charge on any atom is 0.325 e. The van der Waals surface area contributed by atoms with Gasteiger partial charge in [-0.25, -0.2) is 0 Å². The highest BCUT2D eigenvalue weighted by Crippen LogP contribution is 2.10. The van der Waals surface area contributed by atoms with E-state index >= 15 is 0 Å². The van der Waals surface area contributed by atoms with Crippen molar-refractivity contribution in [1.82, 2.24) is 16.0 Å². The van der Waals surface area contributed by atoms with Crippen LogP contribution in [0.25, 0.3) is 0 Å². The fourth-order valence-electron chi connectivity index (χ4n) is 2.04. The van der Waals surface area contributed by atoms with Crippen molar-refractivity contribution in [3.8, 4) is 5.75 Å². The molecular weight excluding hydrogens is 356 g/mol. The Morgan fingerprint density at radius 1 is 1.00 bits per heavy atom. The molecule has 0 aliphatic carbocycles. The number of hydrogen-bond acceptors (Lipinski definition) is 6. The molecule has 148 valence electrons. The van der Waals surface area contributed by atoms with Gasteiger partial charge in [-0.3, -0.25) is 19.2 Å². The number of carboxylic acid groups (broad SMARTS) is 1. The molecule has 3 atom stereocenters. The quantitative estimate of drug-likeness (QED) is 0.302. The van der Waals surface area contributed by atoms with Crippen LogP contribution in [-0.4, -0.2) is 58.6 Å². The van der Waals surface area contributed by atoms with Crippen LogP contribution in [0.1, 0.15) is 19.4 Å². The molecule has 0 bridgehead atoms. The number of hydrogen-bond donors (Lipinski definition) is 6. The van der Waals surface area contributed by atoms with Crippen molar-refractivity contribution in [2.75, 3.05) is 6.54 Å². The van der Waals surface area contributed by atoms with Crippen LogP contribution in [0.5, 0.6) is 5.75 Å². The number of aliphatic carboxylic acids is 1. The molecule has 1 aromatic rings. The summed E-state index contributed by atoms with van der Waals surface area (Å²) in [6.07, 6.45) is 0.222. The molecule has 10 heteroatoms. The zero-order chi connectivity index (χ0) is 20.6. The van der Waals surface area contributed by atoms with Gasteiger partial charge < -0.3 is 31.9 Å². The molecular formula is C17H24N4O6. The van der Waals surface area contributed by atoms with Gasteiger partial charge in [-0.15, -0.1) is 0 Å². The van der Waals surface area contributed by atoms with Crippen molar-refractivity contribution in [2.45, 2.75) is 38.4 Å². The van der Waals surface area contributed by atoms with Gasteiger partial charge >= 0.3 is 5.97 Å². The number of phenolic OH excluding ortho intramolecular Hbond substituents is 1. The minimum atomic E-state index is -1.20. The minimum absolute atomic E-state index is 0.101. The van der Waals surface area contributed by atoms with Gasteiger partial charge in [0, 0.05) is 0 Å². The van der Waals surface area contributed by atoms with Crippen molar-refractivity contribution in [1.29, 1.82) is 0 Å². The van der Waals surface area contributed by atoms with Crippen molar-refractivity contribution >= 4 is 23.7 Å². The van der Waals surface area contributed by atoms with Crippen molar-refractivity contribution in [3.63, 3.8) is 0 Å². The van der Waals surface area contributed by atoms with Gasteiger partial charge in [-0.2, -0.15) is 0 Å². The summed E-state index contributed by atoms with van der Waals surface area (Å²) >= 11 is 0. The molecule has 0 aliphatic heterocycles. The van der Waals surface area contributed by atoms with Gasteiger partial charge in [0.2, 0.25) is 17.7 Å². The SMILES string of the molecule is C[C@H](NC(=O)[C@H](C)NC(=O)CNC(=O)[C@@H](N)Cc1ccc(O)cc1)C(=O)O. The Hall–Kier alpha value is -3.14. The number of phenols is 1. The summed E-state index contributed by atoms with van der Waals surface area (Å²) in [4.78, 5) is 46.2. The topological polar surface area (TPSA) is 171 Å². The molecule has 0 fully saturated rings. The van der Waals surface area contributed by atoms with Crippen molar-refractivity contribution < 1.29 is 29.4 Å². The summed E-state index contributed by atoms with van der Waals surface area (Å²) in [5.74, 6) is -2.92. The average Bonchev–Trinajstić information content (AvgIpc) is 2.61. The van der Waals surface area contributed by atoms with Crippen molar-refractivity contribution in [3.05, 3.63) is 29.8 Å². The van der Waals surface area contributed by atoms with Gasteiger partial charge in [0.1, 0.15) is 17.8 Å². The number of nitrogens with two attached hydrogens (primary N) is 1. The second-order valence-corrected chi connectivity index (χ2v) is 6.05. The number of carbonyl (C=O) groups excluding carboxylic acids is 3. The van der Waals surface area contributed by atoms with Gasteiger partial charge in [-0.1, -0.05) is 12.1 Å². The van der Waals surface area contributed by atoms with Crippen LogP contribution in [0.15, 0.2) is 24.3 Å². The molecule has 0 aromatic heterocycles. The first kappa shape index (κ1) is 21.9. The summed E-state index contributed by atoms with van der Waals surface area (Å²) in [5.41, 5.74) is 6.53. The molecule has 1 rings (SSSR count). The molecule has 0 spiro atoms. The predicted molar refractivity (Wildman–Crippen MR) is 95.6 cm³/mol. The third-order valence-electron chi connectivity index (χ3n) is 3.65. The second-order valence-electron chi connectivity index (χ2n) is 6.05. The summed E-state index contributed by atoms with van der Waals surface area (Å²) < 4.78 is 0. The van der Waals surface area contributed by atoms with E-state index < -0.39 is 41.8 Å². The van der Waals surface area contributed by atoms with E-state index in [4.69, 9.17) is 10.8 Å². The third-order valence-corrected chi connectivity index (χ3v) is 3.65. The van der Waals surface area contributed by atoms with Crippen LogP contribution < -0.4 is 21.7 Å². The maximum atomic E-state index is 11.9. The van der Waals surface area contributed by atoms with E-state index in [0.29, 0.717) is 0 Å². The van der Waals surface area contributed by atoms with Crippen molar-refractivity contribution in [2.24, 2.45) is 5.73 Å². The number of benzene rings is 1. The van der Waals surface area contributed by atoms with E-state index in [1.54, 1.807) is 12.1 Å². The lowest BCUT2D eigenvalue weighted by Crippen LogP contribution is -2.52. The fraction of sp³-hybridized carbons (Fsp3) is 0.412. The normalized spacial score (nSPS) is 13.7. The van der Waals surface area contributed by atoms with Crippen LogP contribution in [0.2, 0.25) is 0 Å². The van der Waals surface area contributed by atoms with Crippen LogP contribution in [0.3, 0.4) is 0 Å². The molecule has 7 N–H and O–H groups in total. The first-order valence-corrected chi connectivity index (χ1v) is 8.24. The van der Waals surface area contributed by atoms with Crippen LogP contribution in [-0.2, 0) is 25.6 Å². The smallest absolute Gasteiger partial charge is 0.325 e. The van der Waals surface area contributed by atoms with E-state index in [0.717, 1.165) is 5.56 Å². The first-order valence-electron chi connectivity index (χ1n) is 8.24. The van der Waals surface area contributed by atoms with E-state index in [-0.39, 0.29) is 18.7 Å². The Labute approximate surface area is 156 Å². The zero-order valence-electron chi connectivity index (χ0n) is 15.1. The Kier molecular flexibility index (Phi) is 8.21. The number of amides is 3. The molecule has 3 amide bonds. The van der Waals surface area contributed by atoms with Gasteiger partial charge in [0.25, 0.3) is 0 Å². The number of aromatic hydroxyl groups is 1. The fourth-order valence-corrected chi connectivity index (χ4v) is 2.04. The van der Waals surface area contributed by atoms with Crippen LogP contribution in [0, 0.1) is 0 Å². The monoisotopic (exact) mass is 380 g/mol. The van der Waals surface area contributed by atoms with E-state index in [9.17, 15) is 24.3 Å².